The van der Waals surface area contributed by atoms with E-state index in [2.05, 4.69) is 20.7 Å². The second-order valence-corrected chi connectivity index (χ2v) is 5.98. The van der Waals surface area contributed by atoms with Crippen molar-refractivity contribution in [1.82, 2.24) is 5.32 Å². The van der Waals surface area contributed by atoms with Crippen molar-refractivity contribution in [2.75, 3.05) is 17.7 Å². The van der Waals surface area contributed by atoms with Crippen molar-refractivity contribution in [1.29, 1.82) is 0 Å². The molecule has 1 aromatic heterocycles. The van der Waals surface area contributed by atoms with Gasteiger partial charge >= 0.3 is 6.09 Å². The molecule has 0 aliphatic heterocycles. The molecule has 126 valence electrons. The van der Waals surface area contributed by atoms with Gasteiger partial charge in [-0.2, -0.15) is 0 Å². The Morgan fingerprint density at radius 2 is 1.92 bits per heavy atom. The molecule has 2 rings (SSSR count). The minimum atomic E-state index is -0.664. The molecule has 0 aliphatic carbocycles. The van der Waals surface area contributed by atoms with Crippen LogP contribution in [-0.2, 0) is 9.53 Å². The Kier molecular flexibility index (Phi) is 6.28. The lowest BCUT2D eigenvalue weighted by Gasteiger charge is -2.12. The van der Waals surface area contributed by atoms with E-state index in [0.717, 1.165) is 11.1 Å². The van der Waals surface area contributed by atoms with Crippen molar-refractivity contribution in [3.8, 4) is 11.1 Å². The molecular formula is C16H17N3O3S2. The lowest BCUT2D eigenvalue weighted by Crippen LogP contribution is -2.34. The van der Waals surface area contributed by atoms with Gasteiger partial charge in [-0.1, -0.05) is 37.3 Å². The maximum atomic E-state index is 11.7. The van der Waals surface area contributed by atoms with E-state index in [0.29, 0.717) is 17.1 Å². The van der Waals surface area contributed by atoms with Crippen LogP contribution in [0, 0.1) is 0 Å². The average molecular weight is 363 g/mol. The zero-order chi connectivity index (χ0) is 17.5. The SMILES string of the molecule is CCC(=O)Nc1scc(-c2ccccc2)c1NC(=S)NC(=O)OC. The summed E-state index contributed by atoms with van der Waals surface area (Å²) in [5, 5.41) is 10.8. The van der Waals surface area contributed by atoms with E-state index in [4.69, 9.17) is 12.2 Å². The Labute approximate surface area is 149 Å². The van der Waals surface area contributed by atoms with Crippen molar-refractivity contribution < 1.29 is 14.3 Å². The fraction of sp³-hybridized carbons (Fsp3) is 0.188. The van der Waals surface area contributed by atoms with E-state index >= 15 is 0 Å². The summed E-state index contributed by atoms with van der Waals surface area (Å²) in [7, 11) is 1.25. The van der Waals surface area contributed by atoms with Crippen molar-refractivity contribution >= 4 is 51.4 Å². The van der Waals surface area contributed by atoms with Crippen LogP contribution in [0.2, 0.25) is 0 Å². The smallest absolute Gasteiger partial charge is 0.413 e. The highest BCUT2D eigenvalue weighted by Crippen LogP contribution is 2.40. The average Bonchev–Trinajstić information content (AvgIpc) is 2.97. The Morgan fingerprint density at radius 3 is 2.54 bits per heavy atom. The number of thiophene rings is 1. The van der Waals surface area contributed by atoms with E-state index in [1.165, 1.54) is 18.4 Å². The Hall–Kier alpha value is -2.45. The van der Waals surface area contributed by atoms with Crippen LogP contribution in [0.4, 0.5) is 15.5 Å². The number of hydrogen-bond acceptors (Lipinski definition) is 5. The molecule has 1 heterocycles. The number of nitrogens with one attached hydrogen (secondary N) is 3. The van der Waals surface area contributed by atoms with Crippen LogP contribution in [0.5, 0.6) is 0 Å². The number of alkyl carbamates (subject to hydrolysis) is 1. The van der Waals surface area contributed by atoms with Gasteiger partial charge in [-0.05, 0) is 17.8 Å². The fourth-order valence-electron chi connectivity index (χ4n) is 1.91. The zero-order valence-corrected chi connectivity index (χ0v) is 14.8. The first kappa shape index (κ1) is 17.9. The quantitative estimate of drug-likeness (QED) is 0.720. The molecule has 0 unspecified atom stereocenters. The first-order valence-corrected chi connectivity index (χ1v) is 8.46. The third kappa shape index (κ3) is 4.53. The molecule has 0 atom stereocenters. The van der Waals surface area contributed by atoms with Gasteiger partial charge < -0.3 is 15.4 Å². The van der Waals surface area contributed by atoms with Crippen molar-refractivity contribution in [2.45, 2.75) is 13.3 Å². The first-order chi connectivity index (χ1) is 11.5. The van der Waals surface area contributed by atoms with E-state index in [1.807, 2.05) is 35.7 Å². The van der Waals surface area contributed by atoms with Crippen LogP contribution in [0.3, 0.4) is 0 Å². The van der Waals surface area contributed by atoms with E-state index in [-0.39, 0.29) is 11.0 Å². The third-order valence-corrected chi connectivity index (χ3v) is 4.19. The van der Waals surface area contributed by atoms with E-state index < -0.39 is 6.09 Å². The van der Waals surface area contributed by atoms with Gasteiger partial charge in [-0.25, -0.2) is 4.79 Å². The number of thiocarbonyl (C=S) groups is 1. The Balaban J connectivity index is 2.33. The number of hydrogen-bond donors (Lipinski definition) is 3. The van der Waals surface area contributed by atoms with Gasteiger partial charge in [0.05, 0.1) is 12.8 Å². The number of benzene rings is 1. The van der Waals surface area contributed by atoms with Crippen molar-refractivity contribution in [3.05, 3.63) is 35.7 Å². The predicted molar refractivity (Wildman–Crippen MR) is 100 cm³/mol. The van der Waals surface area contributed by atoms with Gasteiger partial charge in [-0.15, -0.1) is 11.3 Å². The molecule has 6 nitrogen and oxygen atoms in total. The number of methoxy groups -OCH3 is 1. The summed E-state index contributed by atoms with van der Waals surface area (Å²) < 4.78 is 4.52. The van der Waals surface area contributed by atoms with Crippen molar-refractivity contribution in [3.63, 3.8) is 0 Å². The minimum Gasteiger partial charge on any atom is -0.453 e. The Bertz CT molecular complexity index is 744. The largest absolute Gasteiger partial charge is 0.453 e. The number of amides is 2. The molecule has 2 aromatic rings. The molecule has 0 saturated heterocycles. The van der Waals surface area contributed by atoms with Crippen LogP contribution in [0.15, 0.2) is 35.7 Å². The van der Waals surface area contributed by atoms with Gasteiger partial charge in [0.15, 0.2) is 5.11 Å². The highest BCUT2D eigenvalue weighted by molar-refractivity contribution is 7.80. The lowest BCUT2D eigenvalue weighted by atomic mass is 10.1. The van der Waals surface area contributed by atoms with Crippen LogP contribution in [0.25, 0.3) is 11.1 Å². The zero-order valence-electron chi connectivity index (χ0n) is 13.2. The van der Waals surface area contributed by atoms with Crippen LogP contribution >= 0.6 is 23.6 Å². The fourth-order valence-corrected chi connectivity index (χ4v) is 3.03. The molecule has 1 aromatic carbocycles. The summed E-state index contributed by atoms with van der Waals surface area (Å²) in [6.07, 6.45) is -0.300. The number of ether oxygens (including phenoxy) is 1. The lowest BCUT2D eigenvalue weighted by molar-refractivity contribution is -0.115. The number of rotatable bonds is 4. The minimum absolute atomic E-state index is 0.0874. The third-order valence-electron chi connectivity index (χ3n) is 3.09. The molecule has 8 heteroatoms. The highest BCUT2D eigenvalue weighted by Gasteiger charge is 2.17. The highest BCUT2D eigenvalue weighted by atomic mass is 32.1. The summed E-state index contributed by atoms with van der Waals surface area (Å²) in [5.74, 6) is -0.105. The molecule has 0 radical (unpaired) electrons. The standard InChI is InChI=1S/C16H17N3O3S2/c1-3-12(20)17-14-13(18-15(23)19-16(21)22-2)11(9-24-14)10-7-5-4-6-8-10/h4-9H,3H2,1-2H3,(H,17,20)(H2,18,19,21,23). The van der Waals surface area contributed by atoms with Gasteiger partial charge in [0.2, 0.25) is 5.91 Å². The molecule has 24 heavy (non-hydrogen) atoms. The summed E-state index contributed by atoms with van der Waals surface area (Å²) in [4.78, 5) is 23.0. The molecule has 0 fully saturated rings. The maximum Gasteiger partial charge on any atom is 0.413 e. The number of anilines is 2. The second-order valence-electron chi connectivity index (χ2n) is 4.69. The summed E-state index contributed by atoms with van der Waals surface area (Å²) in [6.45, 7) is 1.78. The van der Waals surface area contributed by atoms with Gasteiger partial charge in [0.1, 0.15) is 5.00 Å². The van der Waals surface area contributed by atoms with Gasteiger partial charge in [0, 0.05) is 17.4 Å². The first-order valence-electron chi connectivity index (χ1n) is 7.17. The molecule has 0 aliphatic rings. The topological polar surface area (TPSA) is 79.5 Å². The second kappa shape index (κ2) is 8.42. The predicted octanol–water partition coefficient (Wildman–Crippen LogP) is 3.82. The summed E-state index contributed by atoms with van der Waals surface area (Å²) >= 11 is 6.51. The molecule has 0 spiro atoms. The van der Waals surface area contributed by atoms with E-state index in [1.54, 1.807) is 6.92 Å². The van der Waals surface area contributed by atoms with Gasteiger partial charge in [0.25, 0.3) is 0 Å². The summed E-state index contributed by atoms with van der Waals surface area (Å²) in [5.41, 5.74) is 2.48. The maximum absolute atomic E-state index is 11.7. The van der Waals surface area contributed by atoms with Crippen LogP contribution in [0.1, 0.15) is 13.3 Å². The number of carbonyl (C=O) groups is 2. The molecule has 0 bridgehead atoms. The van der Waals surface area contributed by atoms with Crippen LogP contribution in [-0.4, -0.2) is 24.2 Å². The number of carbonyl (C=O) groups excluding carboxylic acids is 2. The van der Waals surface area contributed by atoms with Crippen LogP contribution < -0.4 is 16.0 Å². The molecular weight excluding hydrogens is 346 g/mol. The van der Waals surface area contributed by atoms with Crippen molar-refractivity contribution in [2.24, 2.45) is 0 Å². The van der Waals surface area contributed by atoms with Gasteiger partial charge in [-0.3, -0.25) is 10.1 Å². The monoisotopic (exact) mass is 363 g/mol. The van der Waals surface area contributed by atoms with E-state index in [9.17, 15) is 9.59 Å². The molecule has 0 saturated carbocycles. The Morgan fingerprint density at radius 1 is 1.21 bits per heavy atom. The normalized spacial score (nSPS) is 9.92. The summed E-state index contributed by atoms with van der Waals surface area (Å²) in [6, 6.07) is 9.68. The molecule has 3 N–H and O–H groups in total. The molecule has 2 amide bonds.